The maximum absolute atomic E-state index is 12.4. The van der Waals surface area contributed by atoms with E-state index in [0.717, 1.165) is 51.4 Å². The predicted molar refractivity (Wildman–Crippen MR) is 181 cm³/mol. The van der Waals surface area contributed by atoms with Crippen molar-refractivity contribution in [3.05, 3.63) is 0 Å². The first kappa shape index (κ1) is 45.0. The molecule has 0 aromatic carbocycles. The van der Waals surface area contributed by atoms with Crippen LogP contribution in [0.4, 0.5) is 0 Å². The minimum absolute atomic E-state index is 0. The van der Waals surface area contributed by atoms with Gasteiger partial charge in [-0.1, -0.05) is 181 Å². The van der Waals surface area contributed by atoms with E-state index >= 15 is 0 Å². The Morgan fingerprint density at radius 3 is 1.07 bits per heavy atom. The molecule has 0 rings (SSSR count). The summed E-state index contributed by atoms with van der Waals surface area (Å²) in [4.78, 5) is 24.4. The van der Waals surface area contributed by atoms with E-state index in [0.29, 0.717) is 12.8 Å². The van der Waals surface area contributed by atoms with Crippen LogP contribution in [0.3, 0.4) is 0 Å². The summed E-state index contributed by atoms with van der Waals surface area (Å²) in [6.07, 6.45) is 27.9. The number of aliphatic carboxylic acids is 2. The molecule has 0 aliphatic carbocycles. The summed E-state index contributed by atoms with van der Waals surface area (Å²) in [6.45, 7) is 4.44. The third kappa shape index (κ3) is 21.3. The first-order valence-electron chi connectivity index (χ1n) is 17.6. The molecule has 0 radical (unpaired) electrons. The van der Waals surface area contributed by atoms with Crippen LogP contribution in [0, 0.1) is 5.92 Å². The molecule has 0 bridgehead atoms. The predicted octanol–water partition coefficient (Wildman–Crippen LogP) is 9.71. The topological polar surface area (TPSA) is 129 Å². The van der Waals surface area contributed by atoms with E-state index in [-0.39, 0.29) is 48.8 Å². The van der Waals surface area contributed by atoms with Crippen molar-refractivity contribution >= 4 is 51.6 Å². The van der Waals surface area contributed by atoms with Gasteiger partial charge in [0, 0.05) is 0 Å². The molecule has 0 amide bonds. The zero-order chi connectivity index (χ0) is 31.5. The van der Waals surface area contributed by atoms with Crippen LogP contribution in [-0.4, -0.2) is 69.4 Å². The van der Waals surface area contributed by atoms with Gasteiger partial charge >= 0.3 is 41.5 Å². The minimum atomic E-state index is -5.13. The van der Waals surface area contributed by atoms with Gasteiger partial charge in [0.25, 0.3) is 10.1 Å². The second kappa shape index (κ2) is 29.3. The van der Waals surface area contributed by atoms with Gasteiger partial charge in [-0.15, -0.1) is 0 Å². The maximum atomic E-state index is 12.4. The van der Waals surface area contributed by atoms with Crippen LogP contribution < -0.4 is 0 Å². The number of unbranched alkanes of at least 4 members (excludes halogenated alkanes) is 24. The Morgan fingerprint density at radius 1 is 0.535 bits per heavy atom. The summed E-state index contributed by atoms with van der Waals surface area (Å²) in [5, 5.41) is 19.8. The fourth-order valence-corrected chi connectivity index (χ4v) is 7.38. The van der Waals surface area contributed by atoms with Gasteiger partial charge in [0.05, 0.1) is 5.92 Å². The fourth-order valence-electron chi connectivity index (χ4n) is 6.18. The van der Waals surface area contributed by atoms with Gasteiger partial charge in [-0.25, -0.2) is 0 Å². The van der Waals surface area contributed by atoms with Crippen molar-refractivity contribution in [3.63, 3.8) is 0 Å². The molecule has 9 heteroatoms. The summed E-state index contributed by atoms with van der Waals surface area (Å²) >= 11 is 0. The molecule has 2 unspecified atom stereocenters. The van der Waals surface area contributed by atoms with Crippen LogP contribution in [0.15, 0.2) is 0 Å². The van der Waals surface area contributed by atoms with Crippen LogP contribution >= 0.6 is 0 Å². The Bertz CT molecular complexity index is 775. The molecule has 3 N–H and O–H groups in total. The molecule has 0 aromatic heterocycles. The number of carboxylic acid groups (broad SMARTS) is 2. The van der Waals surface area contributed by atoms with Gasteiger partial charge < -0.3 is 10.2 Å². The van der Waals surface area contributed by atoms with Gasteiger partial charge in [0.2, 0.25) is 4.75 Å². The van der Waals surface area contributed by atoms with Crippen molar-refractivity contribution < 1.29 is 32.8 Å². The molecule has 0 aliphatic rings. The second-order valence-corrected chi connectivity index (χ2v) is 14.3. The number of carbonyl (C=O) groups is 2. The van der Waals surface area contributed by atoms with Crippen LogP contribution in [0.25, 0.3) is 0 Å². The summed E-state index contributed by atoms with van der Waals surface area (Å²) in [5.41, 5.74) is 0. The molecule has 0 saturated carbocycles. The third-order valence-electron chi connectivity index (χ3n) is 8.93. The molecule has 0 heterocycles. The summed E-state index contributed by atoms with van der Waals surface area (Å²) < 4.78 is 32.2. The van der Waals surface area contributed by atoms with Crippen LogP contribution in [-0.2, 0) is 19.7 Å². The van der Waals surface area contributed by atoms with E-state index < -0.39 is 32.7 Å². The van der Waals surface area contributed by atoms with E-state index in [1.54, 1.807) is 0 Å². The van der Waals surface area contributed by atoms with Crippen molar-refractivity contribution in [2.24, 2.45) is 5.92 Å². The molecule has 0 aromatic rings. The van der Waals surface area contributed by atoms with Crippen molar-refractivity contribution in [3.8, 4) is 0 Å². The molecule has 0 fully saturated rings. The normalized spacial score (nSPS) is 13.7. The van der Waals surface area contributed by atoms with E-state index in [2.05, 4.69) is 13.8 Å². The van der Waals surface area contributed by atoms with Gasteiger partial charge in [0.15, 0.2) is 0 Å². The first-order chi connectivity index (χ1) is 20.1. The van der Waals surface area contributed by atoms with Crippen LogP contribution in [0.1, 0.15) is 194 Å². The van der Waals surface area contributed by atoms with E-state index in [9.17, 15) is 32.8 Å². The average molecular weight is 643 g/mol. The number of hydrogen-bond donors (Lipinski definition) is 3. The number of carboxylic acids is 2. The molecule has 0 saturated heterocycles. The SMILES string of the molecule is CCCCCCCCCCCCCCCC(C(=O)O)C(CCCCCCCCCCCCCCC)(C(=O)O)S(=O)(=O)O.[NaH]. The zero-order valence-electron chi connectivity index (χ0n) is 27.3. The molecule has 0 spiro atoms. The molecule has 7 nitrogen and oxygen atoms in total. The van der Waals surface area contributed by atoms with E-state index in [4.69, 9.17) is 0 Å². The molecule has 0 aliphatic heterocycles. The fraction of sp³-hybridized carbons (Fsp3) is 0.941. The average Bonchev–Trinajstić information content (AvgIpc) is 2.93. The first-order valence-corrected chi connectivity index (χ1v) is 19.0. The van der Waals surface area contributed by atoms with Crippen molar-refractivity contribution in [2.75, 3.05) is 0 Å². The number of hydrogen-bond acceptors (Lipinski definition) is 4. The Morgan fingerprint density at radius 2 is 0.814 bits per heavy atom. The van der Waals surface area contributed by atoms with Crippen LogP contribution in [0.5, 0.6) is 0 Å². The van der Waals surface area contributed by atoms with Crippen molar-refractivity contribution in [1.82, 2.24) is 0 Å². The van der Waals surface area contributed by atoms with E-state index in [1.165, 1.54) is 96.3 Å². The number of rotatable bonds is 32. The van der Waals surface area contributed by atoms with Crippen molar-refractivity contribution in [1.29, 1.82) is 0 Å². The molecule has 252 valence electrons. The summed E-state index contributed by atoms with van der Waals surface area (Å²) in [5.74, 6) is -4.90. The van der Waals surface area contributed by atoms with Crippen molar-refractivity contribution in [2.45, 2.75) is 198 Å². The standard InChI is InChI=1S/C34H66O7S.Na.H/c1-3-5-7-9-11-13-15-17-19-21-23-25-27-29-31(32(35)36)34(33(37)38,42(39,40)41)30-28-26-24-22-20-18-16-14-12-10-8-6-4-2;;/h31H,3-30H2,1-2H3,(H,35,36)(H,37,38)(H,39,40,41);;. The van der Waals surface area contributed by atoms with E-state index in [1.807, 2.05) is 0 Å². The summed E-state index contributed by atoms with van der Waals surface area (Å²) in [7, 11) is -5.13. The van der Waals surface area contributed by atoms with Gasteiger partial charge in [-0.2, -0.15) is 8.42 Å². The second-order valence-electron chi connectivity index (χ2n) is 12.6. The quantitative estimate of drug-likeness (QED) is 0.0378. The Kier molecular flexibility index (Phi) is 30.6. The van der Waals surface area contributed by atoms with Gasteiger partial charge in [-0.05, 0) is 12.8 Å². The molecule has 43 heavy (non-hydrogen) atoms. The molecular formula is C34H67NaO7S. The van der Waals surface area contributed by atoms with Gasteiger partial charge in [-0.3, -0.25) is 14.1 Å². The van der Waals surface area contributed by atoms with Gasteiger partial charge in [0.1, 0.15) is 0 Å². The monoisotopic (exact) mass is 642 g/mol. The zero-order valence-corrected chi connectivity index (χ0v) is 28.1. The summed E-state index contributed by atoms with van der Waals surface area (Å²) in [6, 6.07) is 0. The molecular weight excluding hydrogens is 575 g/mol. The molecule has 2 atom stereocenters. The Labute approximate surface area is 287 Å². The Balaban J connectivity index is 0. The van der Waals surface area contributed by atoms with Crippen LogP contribution in [0.2, 0.25) is 0 Å². The Hall–Kier alpha value is -0.150. The third-order valence-corrected chi connectivity index (χ3v) is 10.5.